The lowest BCUT2D eigenvalue weighted by atomic mass is 10.2. The number of phenolic OH excluding ortho intramolecular Hbond substituents is 1. The van der Waals surface area contributed by atoms with E-state index < -0.39 is 17.4 Å². The highest BCUT2D eigenvalue weighted by Crippen LogP contribution is 2.21. The molecule has 1 aromatic rings. The van der Waals surface area contributed by atoms with Gasteiger partial charge in [-0.1, -0.05) is 6.92 Å². The van der Waals surface area contributed by atoms with Crippen LogP contribution in [-0.2, 0) is 6.54 Å². The highest BCUT2D eigenvalue weighted by Gasteiger charge is 2.09. The fourth-order valence-corrected chi connectivity index (χ4v) is 1.51. The van der Waals surface area contributed by atoms with E-state index in [9.17, 15) is 8.78 Å². The number of hydrogen-bond donors (Lipinski definition) is 2. The molecule has 0 spiro atoms. The van der Waals surface area contributed by atoms with E-state index in [0.29, 0.717) is 17.4 Å². The Morgan fingerprint density at radius 1 is 1.38 bits per heavy atom. The van der Waals surface area contributed by atoms with Crippen molar-refractivity contribution >= 4 is 11.8 Å². The Morgan fingerprint density at radius 2 is 1.94 bits per heavy atom. The maximum atomic E-state index is 13.0. The second-order valence-electron chi connectivity index (χ2n) is 3.59. The van der Waals surface area contributed by atoms with Crippen molar-refractivity contribution in [3.8, 4) is 5.75 Å². The Balaban J connectivity index is 2.55. The van der Waals surface area contributed by atoms with Gasteiger partial charge in [-0.3, -0.25) is 0 Å². The lowest BCUT2D eigenvalue weighted by molar-refractivity contribution is 0.395. The molecule has 2 nitrogen and oxygen atoms in total. The van der Waals surface area contributed by atoms with E-state index in [1.54, 1.807) is 11.8 Å². The first-order valence-corrected chi connectivity index (χ1v) is 6.23. The molecule has 0 amide bonds. The third-order valence-corrected chi connectivity index (χ3v) is 3.21. The average molecular weight is 247 g/mol. The SMILES string of the molecule is CSC(C)CNCc1cc(F)c(O)c(F)c1. The fraction of sp³-hybridized carbons (Fsp3) is 0.455. The monoisotopic (exact) mass is 247 g/mol. The minimum Gasteiger partial charge on any atom is -0.503 e. The molecule has 1 atom stereocenters. The van der Waals surface area contributed by atoms with E-state index >= 15 is 0 Å². The van der Waals surface area contributed by atoms with Crippen molar-refractivity contribution in [1.82, 2.24) is 5.32 Å². The minimum atomic E-state index is -0.922. The van der Waals surface area contributed by atoms with Crippen molar-refractivity contribution in [2.24, 2.45) is 0 Å². The topological polar surface area (TPSA) is 32.3 Å². The molecule has 1 unspecified atom stereocenters. The number of rotatable bonds is 5. The van der Waals surface area contributed by atoms with Crippen LogP contribution >= 0.6 is 11.8 Å². The van der Waals surface area contributed by atoms with Gasteiger partial charge >= 0.3 is 0 Å². The Bertz CT molecular complexity index is 337. The summed E-state index contributed by atoms with van der Waals surface area (Å²) in [5.74, 6) is -2.76. The molecule has 5 heteroatoms. The summed E-state index contributed by atoms with van der Waals surface area (Å²) in [6.07, 6.45) is 2.01. The minimum absolute atomic E-state index is 0.388. The van der Waals surface area contributed by atoms with Crippen LogP contribution in [0.1, 0.15) is 12.5 Å². The summed E-state index contributed by atoms with van der Waals surface area (Å²) < 4.78 is 25.9. The molecule has 0 saturated carbocycles. The lowest BCUT2D eigenvalue weighted by Crippen LogP contribution is -2.22. The van der Waals surface area contributed by atoms with Gasteiger partial charge in [0.15, 0.2) is 17.4 Å². The summed E-state index contributed by atoms with van der Waals surface area (Å²) in [4.78, 5) is 0. The maximum absolute atomic E-state index is 13.0. The van der Waals surface area contributed by atoms with Gasteiger partial charge in [-0.2, -0.15) is 11.8 Å². The predicted molar refractivity (Wildman–Crippen MR) is 62.7 cm³/mol. The van der Waals surface area contributed by atoms with Crippen molar-refractivity contribution in [2.45, 2.75) is 18.7 Å². The van der Waals surface area contributed by atoms with E-state index in [4.69, 9.17) is 5.11 Å². The average Bonchev–Trinajstić information content (AvgIpc) is 2.25. The van der Waals surface area contributed by atoms with Gasteiger partial charge in [0, 0.05) is 18.3 Å². The van der Waals surface area contributed by atoms with Gasteiger partial charge in [0.25, 0.3) is 0 Å². The summed E-state index contributed by atoms with van der Waals surface area (Å²) in [7, 11) is 0. The number of thioether (sulfide) groups is 1. The molecule has 0 aromatic heterocycles. The van der Waals surface area contributed by atoms with Crippen molar-refractivity contribution in [3.05, 3.63) is 29.3 Å². The quantitative estimate of drug-likeness (QED) is 0.838. The molecule has 16 heavy (non-hydrogen) atoms. The van der Waals surface area contributed by atoms with Crippen LogP contribution < -0.4 is 5.32 Å². The molecule has 0 fully saturated rings. The van der Waals surface area contributed by atoms with E-state index in [1.807, 2.05) is 6.26 Å². The van der Waals surface area contributed by atoms with Gasteiger partial charge in [-0.25, -0.2) is 8.78 Å². The van der Waals surface area contributed by atoms with Crippen molar-refractivity contribution in [3.63, 3.8) is 0 Å². The van der Waals surface area contributed by atoms with Gasteiger partial charge in [-0.15, -0.1) is 0 Å². The van der Waals surface area contributed by atoms with Crippen molar-refractivity contribution in [2.75, 3.05) is 12.8 Å². The lowest BCUT2D eigenvalue weighted by Gasteiger charge is -2.10. The largest absolute Gasteiger partial charge is 0.503 e. The second-order valence-corrected chi connectivity index (χ2v) is 4.86. The maximum Gasteiger partial charge on any atom is 0.187 e. The van der Waals surface area contributed by atoms with Crippen molar-refractivity contribution in [1.29, 1.82) is 0 Å². The second kappa shape index (κ2) is 6.06. The zero-order valence-electron chi connectivity index (χ0n) is 9.26. The summed E-state index contributed by atoms with van der Waals surface area (Å²) in [6.45, 7) is 3.22. The smallest absolute Gasteiger partial charge is 0.187 e. The molecule has 90 valence electrons. The first-order chi connectivity index (χ1) is 7.54. The van der Waals surface area contributed by atoms with E-state index in [1.165, 1.54) is 0 Å². The van der Waals surface area contributed by atoms with Crippen LogP contribution in [0.2, 0.25) is 0 Å². The molecule has 0 radical (unpaired) electrons. The number of phenols is 1. The van der Waals surface area contributed by atoms with Crippen LogP contribution in [0.25, 0.3) is 0 Å². The molecule has 2 N–H and O–H groups in total. The first kappa shape index (κ1) is 13.3. The predicted octanol–water partition coefficient (Wildman–Crippen LogP) is 2.51. The molecule has 0 aliphatic carbocycles. The summed E-state index contributed by atoms with van der Waals surface area (Å²) in [5, 5.41) is 12.4. The summed E-state index contributed by atoms with van der Waals surface area (Å²) in [5.41, 5.74) is 0.487. The molecule has 1 rings (SSSR count). The van der Waals surface area contributed by atoms with Crippen LogP contribution in [0.4, 0.5) is 8.78 Å². The van der Waals surface area contributed by atoms with E-state index in [-0.39, 0.29) is 0 Å². The zero-order chi connectivity index (χ0) is 12.1. The molecule has 0 saturated heterocycles. The molecule has 0 heterocycles. The Labute approximate surface area is 98.1 Å². The van der Waals surface area contributed by atoms with Gasteiger partial charge in [0.1, 0.15) is 0 Å². The standard InChI is InChI=1S/C11H15F2NOS/c1-7(16-2)5-14-6-8-3-9(12)11(15)10(13)4-8/h3-4,7,14-15H,5-6H2,1-2H3. The van der Waals surface area contributed by atoms with Crippen molar-refractivity contribution < 1.29 is 13.9 Å². The summed E-state index contributed by atoms with van der Waals surface area (Å²) in [6, 6.07) is 2.27. The van der Waals surface area contributed by atoms with Gasteiger partial charge in [0.2, 0.25) is 0 Å². The van der Waals surface area contributed by atoms with Crippen LogP contribution in [0.15, 0.2) is 12.1 Å². The van der Waals surface area contributed by atoms with E-state index in [0.717, 1.165) is 18.7 Å². The van der Waals surface area contributed by atoms with Crippen LogP contribution in [0.5, 0.6) is 5.75 Å². The molecular formula is C11H15F2NOS. The van der Waals surface area contributed by atoms with E-state index in [2.05, 4.69) is 12.2 Å². The third kappa shape index (κ3) is 3.64. The molecule has 0 aliphatic heterocycles. The highest BCUT2D eigenvalue weighted by molar-refractivity contribution is 7.99. The number of hydrogen-bond acceptors (Lipinski definition) is 3. The van der Waals surface area contributed by atoms with Gasteiger partial charge in [-0.05, 0) is 24.0 Å². The van der Waals surface area contributed by atoms with Gasteiger partial charge < -0.3 is 10.4 Å². The van der Waals surface area contributed by atoms with Crippen LogP contribution in [0.3, 0.4) is 0 Å². The molecule has 0 aliphatic rings. The van der Waals surface area contributed by atoms with Gasteiger partial charge in [0.05, 0.1) is 0 Å². The third-order valence-electron chi connectivity index (χ3n) is 2.24. The molecule has 0 bridgehead atoms. The zero-order valence-corrected chi connectivity index (χ0v) is 10.1. The normalized spacial score (nSPS) is 12.8. The van der Waals surface area contributed by atoms with Crippen LogP contribution in [-0.4, -0.2) is 23.2 Å². The highest BCUT2D eigenvalue weighted by atomic mass is 32.2. The number of nitrogens with one attached hydrogen (secondary N) is 1. The van der Waals surface area contributed by atoms with Crippen LogP contribution in [0, 0.1) is 11.6 Å². The Kier molecular flexibility index (Phi) is 5.02. The first-order valence-electron chi connectivity index (χ1n) is 4.95. The number of benzene rings is 1. The Hall–Kier alpha value is -0.810. The Morgan fingerprint density at radius 3 is 2.44 bits per heavy atom. The molecule has 1 aromatic carbocycles. The molecular weight excluding hydrogens is 232 g/mol. The fourth-order valence-electron chi connectivity index (χ4n) is 1.22. The number of aromatic hydroxyl groups is 1. The summed E-state index contributed by atoms with van der Waals surface area (Å²) >= 11 is 1.72. The number of halogens is 2.